The van der Waals surface area contributed by atoms with Gasteiger partial charge in [-0.05, 0) is 25.3 Å². The van der Waals surface area contributed by atoms with E-state index in [-0.39, 0.29) is 11.7 Å². The van der Waals surface area contributed by atoms with Crippen molar-refractivity contribution in [2.45, 2.75) is 18.9 Å². The summed E-state index contributed by atoms with van der Waals surface area (Å²) in [5, 5.41) is 13.7. The molecular formula is C13H15F2N3O2. The number of anilines is 1. The van der Waals surface area contributed by atoms with Crippen molar-refractivity contribution in [3.8, 4) is 0 Å². The van der Waals surface area contributed by atoms with Gasteiger partial charge in [-0.15, -0.1) is 0 Å². The number of nitro benzene ring substituents is 1. The normalized spacial score (nSPS) is 28.4. The van der Waals surface area contributed by atoms with Crippen LogP contribution in [0.15, 0.2) is 12.1 Å². The molecule has 108 valence electrons. The molecule has 20 heavy (non-hydrogen) atoms. The Bertz CT molecular complexity index is 553. The van der Waals surface area contributed by atoms with Crippen LogP contribution in [0.4, 0.5) is 20.2 Å². The molecule has 1 N–H and O–H groups in total. The fourth-order valence-electron chi connectivity index (χ4n) is 3.13. The Kier molecular flexibility index (Phi) is 3.29. The van der Waals surface area contributed by atoms with Crippen LogP contribution in [0.25, 0.3) is 0 Å². The second kappa shape index (κ2) is 4.97. The lowest BCUT2D eigenvalue weighted by Crippen LogP contribution is -2.39. The molecule has 2 aliphatic rings. The van der Waals surface area contributed by atoms with E-state index in [1.807, 2.05) is 0 Å². The highest BCUT2D eigenvalue weighted by Gasteiger charge is 2.34. The third-order valence-electron chi connectivity index (χ3n) is 4.21. The lowest BCUT2D eigenvalue weighted by atomic mass is 9.94. The van der Waals surface area contributed by atoms with Crippen molar-refractivity contribution in [1.29, 1.82) is 0 Å². The molecule has 1 aromatic rings. The van der Waals surface area contributed by atoms with Crippen molar-refractivity contribution < 1.29 is 13.7 Å². The second-order valence-electron chi connectivity index (χ2n) is 5.43. The summed E-state index contributed by atoms with van der Waals surface area (Å²) in [6, 6.07) is 1.62. The minimum absolute atomic E-state index is 0.0171. The Balaban J connectivity index is 1.83. The highest BCUT2D eigenvalue weighted by molar-refractivity contribution is 5.53. The largest absolute Gasteiger partial charge is 0.379 e. The second-order valence-corrected chi connectivity index (χ2v) is 5.43. The van der Waals surface area contributed by atoms with E-state index in [1.54, 1.807) is 0 Å². The van der Waals surface area contributed by atoms with Crippen LogP contribution < -0.4 is 5.32 Å². The number of rotatable bonds is 3. The van der Waals surface area contributed by atoms with Gasteiger partial charge < -0.3 is 10.2 Å². The molecule has 3 rings (SSSR count). The van der Waals surface area contributed by atoms with Gasteiger partial charge in [0, 0.05) is 31.3 Å². The molecule has 3 atom stereocenters. The summed E-state index contributed by atoms with van der Waals surface area (Å²) in [5.41, 5.74) is -0.679. The number of fused-ring (bicyclic) bond motifs is 2. The van der Waals surface area contributed by atoms with Gasteiger partial charge in [0.2, 0.25) is 5.82 Å². The number of hydrogen-bond acceptors (Lipinski definition) is 4. The van der Waals surface area contributed by atoms with Crippen molar-refractivity contribution in [2.75, 3.05) is 25.0 Å². The molecule has 0 radical (unpaired) electrons. The average molecular weight is 283 g/mol. The minimum atomic E-state index is -1.14. The van der Waals surface area contributed by atoms with Crippen molar-refractivity contribution in [3.63, 3.8) is 0 Å². The van der Waals surface area contributed by atoms with E-state index in [0.29, 0.717) is 12.0 Å². The molecule has 2 bridgehead atoms. The van der Waals surface area contributed by atoms with Gasteiger partial charge in [0.1, 0.15) is 5.82 Å². The van der Waals surface area contributed by atoms with Gasteiger partial charge in [0.15, 0.2) is 0 Å². The number of piperidine rings is 1. The van der Waals surface area contributed by atoms with Crippen molar-refractivity contribution in [3.05, 3.63) is 33.9 Å². The molecular weight excluding hydrogens is 268 g/mol. The van der Waals surface area contributed by atoms with Crippen molar-refractivity contribution >= 4 is 11.4 Å². The lowest BCUT2D eigenvalue weighted by molar-refractivity contribution is -0.387. The first-order valence-electron chi connectivity index (χ1n) is 6.67. The number of nitro groups is 1. The minimum Gasteiger partial charge on any atom is -0.379 e. The summed E-state index contributed by atoms with van der Waals surface area (Å²) >= 11 is 0. The highest BCUT2D eigenvalue weighted by atomic mass is 19.1. The SMILES string of the molecule is O=[N+]([O-])c1cc(NC2CCN3CCC2C3)c(F)cc1F. The molecule has 2 heterocycles. The van der Waals surface area contributed by atoms with Crippen molar-refractivity contribution in [1.82, 2.24) is 4.90 Å². The molecule has 5 nitrogen and oxygen atoms in total. The quantitative estimate of drug-likeness (QED) is 0.683. The fourth-order valence-corrected chi connectivity index (χ4v) is 3.13. The van der Waals surface area contributed by atoms with E-state index >= 15 is 0 Å². The number of nitrogens with zero attached hydrogens (tertiary/aromatic N) is 2. The molecule has 0 aromatic heterocycles. The summed E-state index contributed by atoms with van der Waals surface area (Å²) in [6.07, 6.45) is 1.91. The molecule has 0 spiro atoms. The summed E-state index contributed by atoms with van der Waals surface area (Å²) in [6.45, 7) is 2.97. The van der Waals surface area contributed by atoms with Gasteiger partial charge >= 0.3 is 5.69 Å². The smallest absolute Gasteiger partial charge is 0.307 e. The molecule has 0 amide bonds. The van der Waals surface area contributed by atoms with Gasteiger partial charge in [-0.3, -0.25) is 10.1 Å². The van der Waals surface area contributed by atoms with E-state index in [4.69, 9.17) is 0 Å². The zero-order valence-corrected chi connectivity index (χ0v) is 10.8. The van der Waals surface area contributed by atoms with Crippen LogP contribution in [0.1, 0.15) is 12.8 Å². The van der Waals surface area contributed by atoms with Gasteiger partial charge in [0.25, 0.3) is 0 Å². The third kappa shape index (κ3) is 2.33. The molecule has 3 unspecified atom stereocenters. The van der Waals surface area contributed by atoms with Crippen LogP contribution in [0, 0.1) is 27.7 Å². The van der Waals surface area contributed by atoms with E-state index in [2.05, 4.69) is 10.2 Å². The summed E-state index contributed by atoms with van der Waals surface area (Å²) < 4.78 is 27.0. The summed E-state index contributed by atoms with van der Waals surface area (Å²) in [7, 11) is 0. The van der Waals surface area contributed by atoms with Crippen LogP contribution >= 0.6 is 0 Å². The zero-order valence-electron chi connectivity index (χ0n) is 10.8. The van der Waals surface area contributed by atoms with Crippen LogP contribution in [-0.4, -0.2) is 35.5 Å². The zero-order chi connectivity index (χ0) is 14.3. The average Bonchev–Trinajstić information content (AvgIpc) is 2.78. The van der Waals surface area contributed by atoms with Gasteiger partial charge in [-0.1, -0.05) is 0 Å². The number of halogens is 2. The molecule has 2 saturated heterocycles. The number of nitrogens with one attached hydrogen (secondary N) is 1. The Morgan fingerprint density at radius 1 is 1.25 bits per heavy atom. The molecule has 0 aliphatic carbocycles. The van der Waals surface area contributed by atoms with E-state index in [0.717, 1.165) is 38.5 Å². The van der Waals surface area contributed by atoms with Crippen LogP contribution in [0.3, 0.4) is 0 Å². The third-order valence-corrected chi connectivity index (χ3v) is 4.21. The lowest BCUT2D eigenvalue weighted by Gasteiger charge is -2.31. The molecule has 1 aromatic carbocycles. The topological polar surface area (TPSA) is 58.4 Å². The predicted octanol–water partition coefficient (Wildman–Crippen LogP) is 2.38. The Morgan fingerprint density at radius 2 is 2.00 bits per heavy atom. The Hall–Kier alpha value is -1.76. The Morgan fingerprint density at radius 3 is 2.75 bits per heavy atom. The monoisotopic (exact) mass is 283 g/mol. The Labute approximate surface area is 114 Å². The maximum Gasteiger partial charge on any atom is 0.307 e. The van der Waals surface area contributed by atoms with Crippen LogP contribution in [-0.2, 0) is 0 Å². The fraction of sp³-hybridized carbons (Fsp3) is 0.538. The van der Waals surface area contributed by atoms with Crippen LogP contribution in [0.2, 0.25) is 0 Å². The first-order chi connectivity index (χ1) is 9.54. The van der Waals surface area contributed by atoms with E-state index in [1.165, 1.54) is 0 Å². The molecule has 2 fully saturated rings. The number of benzene rings is 1. The van der Waals surface area contributed by atoms with Crippen LogP contribution in [0.5, 0.6) is 0 Å². The highest BCUT2D eigenvalue weighted by Crippen LogP contribution is 2.32. The van der Waals surface area contributed by atoms with E-state index in [9.17, 15) is 18.9 Å². The van der Waals surface area contributed by atoms with Gasteiger partial charge in [-0.2, -0.15) is 4.39 Å². The maximum absolute atomic E-state index is 13.8. The molecule has 0 saturated carbocycles. The summed E-state index contributed by atoms with van der Waals surface area (Å²) in [5.74, 6) is -1.51. The van der Waals surface area contributed by atoms with Crippen molar-refractivity contribution in [2.24, 2.45) is 5.92 Å². The maximum atomic E-state index is 13.8. The molecule has 2 aliphatic heterocycles. The molecule has 7 heteroatoms. The first-order valence-corrected chi connectivity index (χ1v) is 6.67. The predicted molar refractivity (Wildman–Crippen MR) is 69.6 cm³/mol. The van der Waals surface area contributed by atoms with Gasteiger partial charge in [0.05, 0.1) is 10.6 Å². The first kappa shape index (κ1) is 13.2. The van der Waals surface area contributed by atoms with E-state index < -0.39 is 22.2 Å². The van der Waals surface area contributed by atoms with Gasteiger partial charge in [-0.25, -0.2) is 4.39 Å². The number of hydrogen-bond donors (Lipinski definition) is 1. The standard InChI is InChI=1S/C13H15F2N3O2/c14-9-5-10(15)13(18(19)20)6-12(9)16-11-2-4-17-3-1-8(11)7-17/h5-6,8,11,16H,1-4,7H2. The summed E-state index contributed by atoms with van der Waals surface area (Å²) in [4.78, 5) is 12.2.